The summed E-state index contributed by atoms with van der Waals surface area (Å²) in [5.41, 5.74) is 0. The third-order valence-electron chi connectivity index (χ3n) is 14.9. The Morgan fingerprint density at radius 1 is 0.452 bits per heavy atom. The van der Waals surface area contributed by atoms with Gasteiger partial charge in [0.2, 0.25) is 5.91 Å². The van der Waals surface area contributed by atoms with E-state index in [0.29, 0.717) is 6.42 Å². The van der Waals surface area contributed by atoms with Gasteiger partial charge in [0.15, 0.2) is 6.29 Å². The molecule has 9 nitrogen and oxygen atoms in total. The molecule has 1 amide bonds. The van der Waals surface area contributed by atoms with Crippen LogP contribution in [0.1, 0.15) is 296 Å². The zero-order valence-electron chi connectivity index (χ0n) is 47.6. The van der Waals surface area contributed by atoms with Gasteiger partial charge in [-0.1, -0.05) is 268 Å². The van der Waals surface area contributed by atoms with Crippen molar-refractivity contribution in [2.45, 2.75) is 339 Å². The van der Waals surface area contributed by atoms with Crippen LogP contribution >= 0.6 is 0 Å². The summed E-state index contributed by atoms with van der Waals surface area (Å²) in [4.78, 5) is 13.1. The van der Waals surface area contributed by atoms with Gasteiger partial charge in [0, 0.05) is 6.42 Å². The minimum absolute atomic E-state index is 0.189. The lowest BCUT2D eigenvalue weighted by atomic mass is 9.99. The van der Waals surface area contributed by atoms with Crippen molar-refractivity contribution in [3.63, 3.8) is 0 Å². The molecule has 1 saturated heterocycles. The Morgan fingerprint density at radius 2 is 0.781 bits per heavy atom. The molecular weight excluding hydrogens is 911 g/mol. The lowest BCUT2D eigenvalue weighted by Crippen LogP contribution is -2.60. The molecule has 6 N–H and O–H groups in total. The molecule has 1 fully saturated rings. The molecule has 0 spiro atoms. The molecule has 1 aliphatic rings. The van der Waals surface area contributed by atoms with Crippen LogP contribution in [0.5, 0.6) is 0 Å². The Labute approximate surface area is 450 Å². The minimum atomic E-state index is -1.58. The van der Waals surface area contributed by atoms with Crippen LogP contribution < -0.4 is 5.32 Å². The van der Waals surface area contributed by atoms with Gasteiger partial charge < -0.3 is 40.3 Å². The Kier molecular flexibility index (Phi) is 50.7. The van der Waals surface area contributed by atoms with E-state index < -0.39 is 49.5 Å². The zero-order valence-corrected chi connectivity index (χ0v) is 47.6. The van der Waals surface area contributed by atoms with Gasteiger partial charge in [-0.2, -0.15) is 0 Å². The van der Waals surface area contributed by atoms with Crippen LogP contribution in [0.2, 0.25) is 0 Å². The van der Waals surface area contributed by atoms with E-state index in [0.717, 1.165) is 44.9 Å². The van der Waals surface area contributed by atoms with Gasteiger partial charge in [0.25, 0.3) is 0 Å². The monoisotopic (exact) mass is 1030 g/mol. The number of carbonyl (C=O) groups excluding carboxylic acids is 1. The molecule has 9 heteroatoms. The second-order valence-corrected chi connectivity index (χ2v) is 21.8. The fourth-order valence-corrected chi connectivity index (χ4v) is 9.89. The number of aliphatic hydroxyl groups is 5. The van der Waals surface area contributed by atoms with Crippen LogP contribution in [-0.2, 0) is 14.3 Å². The van der Waals surface area contributed by atoms with Gasteiger partial charge in [-0.15, -0.1) is 0 Å². The van der Waals surface area contributed by atoms with Crippen molar-refractivity contribution in [1.82, 2.24) is 5.32 Å². The summed E-state index contributed by atoms with van der Waals surface area (Å²) in [6, 6.07) is -0.830. The van der Waals surface area contributed by atoms with Gasteiger partial charge in [-0.25, -0.2) is 0 Å². The van der Waals surface area contributed by atoms with E-state index in [-0.39, 0.29) is 12.5 Å². The first kappa shape index (κ1) is 69.2. The van der Waals surface area contributed by atoms with Crippen molar-refractivity contribution < 1.29 is 39.8 Å². The Morgan fingerprint density at radius 3 is 1.15 bits per heavy atom. The van der Waals surface area contributed by atoms with E-state index in [2.05, 4.69) is 55.6 Å². The average Bonchev–Trinajstić information content (AvgIpc) is 3.39. The lowest BCUT2D eigenvalue weighted by Gasteiger charge is -2.40. The summed E-state index contributed by atoms with van der Waals surface area (Å²) in [6.45, 7) is 3.79. The van der Waals surface area contributed by atoms with Crippen LogP contribution in [-0.4, -0.2) is 87.5 Å². The summed E-state index contributed by atoms with van der Waals surface area (Å²) in [7, 11) is 0. The quantitative estimate of drug-likeness (QED) is 0.0261. The summed E-state index contributed by atoms with van der Waals surface area (Å²) in [5, 5.41) is 54.6. The normalized spacial score (nSPS) is 19.4. The van der Waals surface area contributed by atoms with Gasteiger partial charge in [0.05, 0.1) is 25.4 Å². The first-order chi connectivity index (χ1) is 35.8. The van der Waals surface area contributed by atoms with E-state index in [9.17, 15) is 30.3 Å². The number of allylic oxidation sites excluding steroid dienone is 7. The highest BCUT2D eigenvalue weighted by molar-refractivity contribution is 5.76. The van der Waals surface area contributed by atoms with Crippen molar-refractivity contribution in [2.24, 2.45) is 0 Å². The molecule has 428 valence electrons. The predicted octanol–water partition coefficient (Wildman–Crippen LogP) is 16.1. The maximum absolute atomic E-state index is 13.1. The number of aliphatic hydroxyl groups excluding tert-OH is 5. The number of ether oxygens (including phenoxy) is 2. The zero-order chi connectivity index (χ0) is 52.9. The van der Waals surface area contributed by atoms with Gasteiger partial charge in [0.1, 0.15) is 24.4 Å². The van der Waals surface area contributed by atoms with Gasteiger partial charge in [-0.3, -0.25) is 4.79 Å². The maximum Gasteiger partial charge on any atom is 0.220 e. The molecular formula is C64H119NO8. The Bertz CT molecular complexity index is 1290. The fourth-order valence-electron chi connectivity index (χ4n) is 9.89. The summed E-state index contributed by atoms with van der Waals surface area (Å²) in [6.07, 6.45) is 64.8. The number of carbonyl (C=O) groups is 1. The third-order valence-corrected chi connectivity index (χ3v) is 14.9. The topological polar surface area (TPSA) is 149 Å². The number of rotatable bonds is 54. The predicted molar refractivity (Wildman–Crippen MR) is 309 cm³/mol. The maximum atomic E-state index is 13.1. The van der Waals surface area contributed by atoms with E-state index in [1.165, 1.54) is 231 Å². The van der Waals surface area contributed by atoms with Crippen molar-refractivity contribution in [3.8, 4) is 0 Å². The number of amides is 1. The molecule has 0 aromatic heterocycles. The highest BCUT2D eigenvalue weighted by atomic mass is 16.7. The molecule has 0 saturated carbocycles. The van der Waals surface area contributed by atoms with Gasteiger partial charge >= 0.3 is 0 Å². The van der Waals surface area contributed by atoms with Crippen molar-refractivity contribution in [2.75, 3.05) is 13.2 Å². The minimum Gasteiger partial charge on any atom is -0.394 e. The lowest BCUT2D eigenvalue weighted by molar-refractivity contribution is -0.302. The molecule has 7 atom stereocenters. The summed E-state index contributed by atoms with van der Waals surface area (Å²) < 4.78 is 11.3. The van der Waals surface area contributed by atoms with Crippen LogP contribution in [0, 0.1) is 0 Å². The smallest absolute Gasteiger partial charge is 0.220 e. The highest BCUT2D eigenvalue weighted by Crippen LogP contribution is 2.23. The molecule has 73 heavy (non-hydrogen) atoms. The fraction of sp³-hybridized carbons (Fsp3) is 0.859. The van der Waals surface area contributed by atoms with Crippen molar-refractivity contribution in [1.29, 1.82) is 0 Å². The van der Waals surface area contributed by atoms with Crippen LogP contribution in [0.4, 0.5) is 0 Å². The first-order valence-electron chi connectivity index (χ1n) is 31.4. The van der Waals surface area contributed by atoms with E-state index >= 15 is 0 Å². The second-order valence-electron chi connectivity index (χ2n) is 21.8. The number of hydrogen-bond acceptors (Lipinski definition) is 8. The largest absolute Gasteiger partial charge is 0.394 e. The number of hydrogen-bond donors (Lipinski definition) is 6. The molecule has 0 radical (unpaired) electrons. The number of unbranched alkanes of at least 4 members (excludes halogenated alkanes) is 38. The second kappa shape index (κ2) is 53.5. The highest BCUT2D eigenvalue weighted by Gasteiger charge is 2.44. The van der Waals surface area contributed by atoms with Gasteiger partial charge in [-0.05, 0) is 70.6 Å². The van der Waals surface area contributed by atoms with E-state index in [1.807, 2.05) is 6.08 Å². The molecule has 1 aliphatic heterocycles. The van der Waals surface area contributed by atoms with E-state index in [1.54, 1.807) is 6.08 Å². The molecule has 0 aromatic carbocycles. The molecule has 7 unspecified atom stereocenters. The summed E-state index contributed by atoms with van der Waals surface area (Å²) >= 11 is 0. The SMILES string of the molecule is CCCCCCCCCCCCCC/C=C\CCCCCCCCCCCCCC(=O)NC(COC1OC(CO)C(O)C(O)C1O)C(O)/C=C/CC/C=C/CC/C=C/CCCCCCCCCCCCCCC. The van der Waals surface area contributed by atoms with Crippen molar-refractivity contribution >= 4 is 5.91 Å². The van der Waals surface area contributed by atoms with Crippen molar-refractivity contribution in [3.05, 3.63) is 48.6 Å². The van der Waals surface area contributed by atoms with E-state index in [4.69, 9.17) is 9.47 Å². The summed E-state index contributed by atoms with van der Waals surface area (Å²) in [5.74, 6) is -0.189. The Balaban J connectivity index is 2.22. The molecule has 0 bridgehead atoms. The third kappa shape index (κ3) is 42.9. The van der Waals surface area contributed by atoms with Crippen LogP contribution in [0.3, 0.4) is 0 Å². The average molecular weight is 1030 g/mol. The Hall–Kier alpha value is -1.85. The molecule has 1 heterocycles. The standard InChI is InChI=1S/C64H119NO8/c1-3-5-7-9-11-13-15-17-19-21-23-25-27-28-29-30-32-34-36-38-40-42-44-46-48-50-52-54-60(68)65-57(56-72-64-63(71)62(70)61(69)59(55-66)73-64)58(67)53-51-49-47-45-43-41-39-37-35-33-31-26-24-22-20-18-16-14-12-10-8-6-4-2/h28-29,35,37,43,45,51,53,57-59,61-64,66-67,69-71H,3-27,30-34,36,38-42,44,46-50,52,54-56H2,1-2H3,(H,65,68)/b29-28-,37-35+,45-43+,53-51+. The molecule has 1 rings (SSSR count). The van der Waals surface area contributed by atoms with Crippen LogP contribution in [0.15, 0.2) is 48.6 Å². The molecule has 0 aromatic rings. The van der Waals surface area contributed by atoms with Crippen LogP contribution in [0.25, 0.3) is 0 Å². The first-order valence-corrected chi connectivity index (χ1v) is 31.4. The molecule has 0 aliphatic carbocycles. The number of nitrogens with one attached hydrogen (secondary N) is 1.